The number of hydrogen-bond donors (Lipinski definition) is 5. The number of nitrogens with zero attached hydrogens (tertiary/aromatic N) is 4. The number of anilines is 1. The molecule has 5 rings (SSSR count). The molecule has 3 aliphatic rings. The van der Waals surface area contributed by atoms with Crippen molar-refractivity contribution in [2.75, 3.05) is 25.1 Å². The van der Waals surface area contributed by atoms with Gasteiger partial charge in [0.05, 0.1) is 25.3 Å². The summed E-state index contributed by atoms with van der Waals surface area (Å²) in [5.74, 6) is -4.60. The highest BCUT2D eigenvalue weighted by molar-refractivity contribution is 8.00. The second kappa shape index (κ2) is 11.7. The molecule has 1 aromatic carbocycles. The zero-order chi connectivity index (χ0) is 32.8. The van der Waals surface area contributed by atoms with E-state index in [4.69, 9.17) is 10.6 Å². The standard InChI is InChI=1S/C28H30N6O9S2/c1-28(2,26(41)42)43-32-19(16-12-45-27(29)30-16)22(37)31-20-23(38)33-21(25(39)40)13(11-44-24(20)33)5-4-6-34(3)9-14-7-17(35)18(36)8-15(14)10-34/h4-5,7-8,12,20,24H,6,9-11H2,1-3H3,(H6-,29,30,31,32,35,36,37,39,40,41,42)/b5-4+. The van der Waals surface area contributed by atoms with Crippen LogP contribution in [0.1, 0.15) is 30.7 Å². The zero-order valence-corrected chi connectivity index (χ0v) is 26.0. The monoisotopic (exact) mass is 658 g/mol. The number of carbonyl (C=O) groups excluding carboxylic acids is 3. The van der Waals surface area contributed by atoms with Crippen molar-refractivity contribution in [3.05, 3.63) is 57.8 Å². The fourth-order valence-corrected chi connectivity index (χ4v) is 7.05. The summed E-state index contributed by atoms with van der Waals surface area (Å²) < 4.78 is 0.525. The highest BCUT2D eigenvalue weighted by Gasteiger charge is 2.53. The maximum atomic E-state index is 13.3. The number of carboxylic acid groups (broad SMARTS) is 2. The van der Waals surface area contributed by atoms with Gasteiger partial charge in [0.15, 0.2) is 22.3 Å². The number of thioether (sulfide) groups is 1. The zero-order valence-electron chi connectivity index (χ0n) is 24.3. The van der Waals surface area contributed by atoms with Crippen molar-refractivity contribution in [1.82, 2.24) is 15.2 Å². The van der Waals surface area contributed by atoms with Gasteiger partial charge in [0.1, 0.15) is 30.2 Å². The van der Waals surface area contributed by atoms with E-state index in [0.29, 0.717) is 29.7 Å². The van der Waals surface area contributed by atoms with Gasteiger partial charge in [0, 0.05) is 22.3 Å². The van der Waals surface area contributed by atoms with Gasteiger partial charge in [-0.2, -0.15) is 0 Å². The first-order valence-corrected chi connectivity index (χ1v) is 15.5. The number of nitrogens with two attached hydrogens (primary N) is 1. The van der Waals surface area contributed by atoms with Gasteiger partial charge >= 0.3 is 5.97 Å². The quantitative estimate of drug-likeness (QED) is 0.0738. The Bertz CT molecular complexity index is 1670. The first-order chi connectivity index (χ1) is 21.1. The first-order valence-electron chi connectivity index (χ1n) is 13.5. The molecular formula is C28H30N6O9S2. The number of rotatable bonds is 10. The number of amides is 2. The van der Waals surface area contributed by atoms with Crippen LogP contribution in [0.2, 0.25) is 0 Å². The minimum Gasteiger partial charge on any atom is -0.543 e. The number of carboxylic acids is 2. The average molecular weight is 659 g/mol. The first kappa shape index (κ1) is 31.8. The van der Waals surface area contributed by atoms with Crippen molar-refractivity contribution in [1.29, 1.82) is 0 Å². The normalized spacial score (nSPS) is 20.9. The maximum absolute atomic E-state index is 13.3. The fourth-order valence-electron chi connectivity index (χ4n) is 5.18. The Balaban J connectivity index is 1.30. The minimum atomic E-state index is -1.78. The molecule has 2 unspecified atom stereocenters. The molecule has 2 atom stereocenters. The van der Waals surface area contributed by atoms with Gasteiger partial charge in [0.2, 0.25) is 5.60 Å². The molecule has 1 aromatic heterocycles. The van der Waals surface area contributed by atoms with E-state index < -0.39 is 46.5 Å². The highest BCUT2D eigenvalue weighted by Crippen LogP contribution is 2.41. The summed E-state index contributed by atoms with van der Waals surface area (Å²) in [4.78, 5) is 60.3. The number of oxime groups is 1. The Hall–Kier alpha value is -4.61. The van der Waals surface area contributed by atoms with Gasteiger partial charge in [-0.1, -0.05) is 11.2 Å². The molecule has 17 heteroatoms. The lowest BCUT2D eigenvalue weighted by Gasteiger charge is -2.50. The number of phenolic OH excluding ortho intramolecular Hbond substituents is 2. The summed E-state index contributed by atoms with van der Waals surface area (Å²) in [5, 5.41) is 48.3. The molecule has 4 heterocycles. The second-order valence-electron chi connectivity index (χ2n) is 11.6. The average Bonchev–Trinajstić information content (AvgIpc) is 3.53. The van der Waals surface area contributed by atoms with Gasteiger partial charge < -0.3 is 45.6 Å². The van der Waals surface area contributed by atoms with Crippen molar-refractivity contribution in [2.24, 2.45) is 5.16 Å². The number of fused-ring (bicyclic) bond motifs is 2. The number of nitrogens with one attached hydrogen (secondary N) is 1. The van der Waals surface area contributed by atoms with E-state index in [1.165, 1.54) is 31.0 Å². The third kappa shape index (κ3) is 6.18. The second-order valence-corrected chi connectivity index (χ2v) is 13.6. The van der Waals surface area contributed by atoms with E-state index in [9.17, 15) is 39.6 Å². The summed E-state index contributed by atoms with van der Waals surface area (Å²) >= 11 is 2.26. The van der Waals surface area contributed by atoms with Crippen LogP contribution in [0.15, 0.2) is 46.1 Å². The topological polar surface area (TPSA) is 228 Å². The van der Waals surface area contributed by atoms with Gasteiger partial charge in [-0.25, -0.2) is 9.78 Å². The van der Waals surface area contributed by atoms with Gasteiger partial charge in [-0.15, -0.1) is 23.1 Å². The van der Waals surface area contributed by atoms with Crippen molar-refractivity contribution in [3.63, 3.8) is 0 Å². The van der Waals surface area contributed by atoms with Crippen molar-refractivity contribution in [2.45, 2.75) is 44.0 Å². The lowest BCUT2D eigenvalue weighted by molar-refractivity contribution is -0.923. The molecule has 238 valence electrons. The molecular weight excluding hydrogens is 628 g/mol. The van der Waals surface area contributed by atoms with E-state index in [2.05, 4.69) is 15.5 Å². The van der Waals surface area contributed by atoms with Crippen molar-refractivity contribution >= 4 is 57.7 Å². The Morgan fingerprint density at radius 3 is 2.47 bits per heavy atom. The molecule has 0 radical (unpaired) electrons. The predicted octanol–water partition coefficient (Wildman–Crippen LogP) is -0.159. The molecule has 0 aliphatic carbocycles. The van der Waals surface area contributed by atoms with E-state index in [0.717, 1.165) is 27.4 Å². The number of quaternary nitrogens is 1. The SMILES string of the molecule is CC(C)(O/N=C(/C(=O)NC1C(=O)N2C(C(=O)[O-])=C(/C=C/C[N+]3(C)Cc4cc(O)c(O)cc4C3)CSC12)c1csc(N)n1)C(=O)O. The largest absolute Gasteiger partial charge is 0.543 e. The third-order valence-corrected chi connectivity index (χ3v) is 9.58. The fraction of sp³-hybridized carbons (Fsp3) is 0.357. The highest BCUT2D eigenvalue weighted by atomic mass is 32.2. The number of aromatic nitrogens is 1. The number of phenols is 2. The number of likely N-dealkylation sites (N-methyl/N-ethyl adjacent to an activating group) is 1. The van der Waals surface area contributed by atoms with E-state index in [1.54, 1.807) is 18.2 Å². The molecule has 3 aliphatic heterocycles. The van der Waals surface area contributed by atoms with Crippen LogP contribution in [0, 0.1) is 0 Å². The number of aromatic hydroxyl groups is 2. The molecule has 0 spiro atoms. The Labute approximate surface area is 264 Å². The van der Waals surface area contributed by atoms with Crippen LogP contribution in [-0.4, -0.2) is 95.5 Å². The van der Waals surface area contributed by atoms with E-state index in [-0.39, 0.29) is 33.8 Å². The summed E-state index contributed by atoms with van der Waals surface area (Å²) in [6.07, 6.45) is 3.46. The van der Waals surface area contributed by atoms with Crippen LogP contribution in [0.25, 0.3) is 0 Å². The summed E-state index contributed by atoms with van der Waals surface area (Å²) in [5.41, 5.74) is 5.41. The number of β-lactam (4-membered cyclic amide) rings is 1. The predicted molar refractivity (Wildman–Crippen MR) is 160 cm³/mol. The number of carbonyl (C=O) groups is 4. The van der Waals surface area contributed by atoms with Crippen LogP contribution in [0.5, 0.6) is 11.5 Å². The molecule has 15 nitrogen and oxygen atoms in total. The minimum absolute atomic E-state index is 0.00455. The van der Waals surface area contributed by atoms with Gasteiger partial charge in [-0.3, -0.25) is 14.5 Å². The van der Waals surface area contributed by atoms with Crippen LogP contribution in [0.3, 0.4) is 0 Å². The van der Waals surface area contributed by atoms with Crippen LogP contribution in [-0.2, 0) is 37.1 Å². The number of benzene rings is 1. The molecule has 0 saturated carbocycles. The lowest BCUT2D eigenvalue weighted by Crippen LogP contribution is -2.71. The lowest BCUT2D eigenvalue weighted by atomic mass is 10.0. The van der Waals surface area contributed by atoms with Crippen molar-refractivity contribution in [3.8, 4) is 11.5 Å². The molecule has 1 saturated heterocycles. The van der Waals surface area contributed by atoms with Crippen LogP contribution >= 0.6 is 23.1 Å². The van der Waals surface area contributed by atoms with Crippen molar-refractivity contribution < 1.29 is 48.9 Å². The number of aliphatic carboxylic acids is 2. The Kier molecular flexibility index (Phi) is 8.28. The van der Waals surface area contributed by atoms with Gasteiger partial charge in [0.25, 0.3) is 11.8 Å². The number of nitrogen functional groups attached to an aromatic ring is 1. The molecule has 0 bridgehead atoms. The summed E-state index contributed by atoms with van der Waals surface area (Å²) in [6, 6.07) is 1.97. The summed E-state index contributed by atoms with van der Waals surface area (Å²) in [7, 11) is 2.00. The van der Waals surface area contributed by atoms with E-state index >= 15 is 0 Å². The number of hydrogen-bond acceptors (Lipinski definition) is 13. The molecule has 45 heavy (non-hydrogen) atoms. The van der Waals surface area contributed by atoms with Gasteiger partial charge in [-0.05, 0) is 37.6 Å². The van der Waals surface area contributed by atoms with Crippen LogP contribution < -0.4 is 16.2 Å². The molecule has 2 amide bonds. The number of allylic oxidation sites excluding steroid dienone is 1. The maximum Gasteiger partial charge on any atom is 0.350 e. The summed E-state index contributed by atoms with van der Waals surface area (Å²) in [6.45, 7) is 4.17. The Morgan fingerprint density at radius 2 is 1.91 bits per heavy atom. The third-order valence-electron chi connectivity index (χ3n) is 7.60. The molecule has 1 fully saturated rings. The smallest absolute Gasteiger partial charge is 0.350 e. The van der Waals surface area contributed by atoms with E-state index in [1.807, 2.05) is 13.1 Å². The van der Waals surface area contributed by atoms with Crippen LogP contribution in [0.4, 0.5) is 5.13 Å². The Morgan fingerprint density at radius 1 is 1.27 bits per heavy atom. The molecule has 6 N–H and O–H groups in total. The number of thiazole rings is 1. The molecule has 2 aromatic rings.